The highest BCUT2D eigenvalue weighted by Crippen LogP contribution is 2.35. The fourth-order valence-electron chi connectivity index (χ4n) is 2.38. The molecule has 0 bridgehead atoms. The quantitative estimate of drug-likeness (QED) is 0.715. The summed E-state index contributed by atoms with van der Waals surface area (Å²) in [4.78, 5) is 12.7. The SMILES string of the molecule is COc1ccc(CCNC(=O)c2sc3cc(F)ccc3c2Cl)cc1. The van der Waals surface area contributed by atoms with E-state index in [9.17, 15) is 9.18 Å². The van der Waals surface area contributed by atoms with Gasteiger partial charge < -0.3 is 10.1 Å². The van der Waals surface area contributed by atoms with Crippen LogP contribution in [0.4, 0.5) is 4.39 Å². The molecule has 1 heterocycles. The number of benzene rings is 2. The molecule has 0 spiro atoms. The van der Waals surface area contributed by atoms with E-state index in [1.807, 2.05) is 24.3 Å². The Hall–Kier alpha value is -2.11. The molecular weight excluding hydrogens is 349 g/mol. The van der Waals surface area contributed by atoms with E-state index in [1.54, 1.807) is 13.2 Å². The summed E-state index contributed by atoms with van der Waals surface area (Å²) in [5.74, 6) is 0.217. The summed E-state index contributed by atoms with van der Waals surface area (Å²) < 4.78 is 19.1. The predicted molar refractivity (Wildman–Crippen MR) is 95.8 cm³/mol. The van der Waals surface area contributed by atoms with Crippen molar-refractivity contribution < 1.29 is 13.9 Å². The van der Waals surface area contributed by atoms with E-state index in [1.165, 1.54) is 23.5 Å². The average molecular weight is 364 g/mol. The van der Waals surface area contributed by atoms with E-state index in [4.69, 9.17) is 16.3 Å². The van der Waals surface area contributed by atoms with E-state index >= 15 is 0 Å². The van der Waals surface area contributed by atoms with Crippen LogP contribution >= 0.6 is 22.9 Å². The fourth-order valence-corrected chi connectivity index (χ4v) is 3.84. The Balaban J connectivity index is 1.65. The molecule has 3 aromatic rings. The van der Waals surface area contributed by atoms with Crippen LogP contribution < -0.4 is 10.1 Å². The second-order valence-electron chi connectivity index (χ2n) is 5.24. The number of hydrogen-bond acceptors (Lipinski definition) is 3. The molecule has 0 saturated heterocycles. The highest BCUT2D eigenvalue weighted by atomic mass is 35.5. The Labute approximate surface area is 148 Å². The molecule has 1 amide bonds. The van der Waals surface area contributed by atoms with Gasteiger partial charge in [-0.2, -0.15) is 0 Å². The van der Waals surface area contributed by atoms with Crippen LogP contribution in [0.2, 0.25) is 5.02 Å². The Bertz CT molecular complexity index is 877. The van der Waals surface area contributed by atoms with E-state index in [0.717, 1.165) is 11.3 Å². The summed E-state index contributed by atoms with van der Waals surface area (Å²) in [5.41, 5.74) is 1.10. The van der Waals surface area contributed by atoms with Crippen molar-refractivity contribution >= 4 is 38.9 Å². The number of nitrogens with one attached hydrogen (secondary N) is 1. The lowest BCUT2D eigenvalue weighted by Gasteiger charge is -2.05. The van der Waals surface area contributed by atoms with Gasteiger partial charge in [0.05, 0.1) is 12.1 Å². The second-order valence-corrected chi connectivity index (χ2v) is 6.67. The molecule has 0 saturated carbocycles. The third kappa shape index (κ3) is 3.52. The van der Waals surface area contributed by atoms with Crippen molar-refractivity contribution in [1.82, 2.24) is 5.32 Å². The predicted octanol–water partition coefficient (Wildman–Crippen LogP) is 4.67. The molecular formula is C18H15ClFNO2S. The number of carbonyl (C=O) groups excluding carboxylic acids is 1. The molecule has 0 unspecified atom stereocenters. The molecule has 1 N–H and O–H groups in total. The van der Waals surface area contributed by atoms with Crippen LogP contribution in [0.3, 0.4) is 0 Å². The summed E-state index contributed by atoms with van der Waals surface area (Å²) in [5, 5.41) is 3.92. The highest BCUT2D eigenvalue weighted by Gasteiger charge is 2.17. The lowest BCUT2D eigenvalue weighted by atomic mass is 10.1. The van der Waals surface area contributed by atoms with Crippen LogP contribution in [-0.4, -0.2) is 19.6 Å². The van der Waals surface area contributed by atoms with Crippen molar-refractivity contribution in [3.63, 3.8) is 0 Å². The summed E-state index contributed by atoms with van der Waals surface area (Å²) in [6, 6.07) is 12.0. The van der Waals surface area contributed by atoms with E-state index in [2.05, 4.69) is 5.32 Å². The summed E-state index contributed by atoms with van der Waals surface area (Å²) >= 11 is 7.44. The Kier molecular flexibility index (Phi) is 5.02. The third-order valence-electron chi connectivity index (χ3n) is 3.66. The van der Waals surface area contributed by atoms with Crippen LogP contribution in [0.1, 0.15) is 15.2 Å². The number of thiophene rings is 1. The third-order valence-corrected chi connectivity index (χ3v) is 5.31. The lowest BCUT2D eigenvalue weighted by Crippen LogP contribution is -2.25. The van der Waals surface area contributed by atoms with Gasteiger partial charge in [-0.05, 0) is 42.3 Å². The Morgan fingerprint density at radius 1 is 1.25 bits per heavy atom. The molecule has 3 nitrogen and oxygen atoms in total. The molecule has 24 heavy (non-hydrogen) atoms. The van der Waals surface area contributed by atoms with Gasteiger partial charge in [0.2, 0.25) is 0 Å². The minimum atomic E-state index is -0.341. The van der Waals surface area contributed by atoms with E-state index < -0.39 is 0 Å². The minimum absolute atomic E-state index is 0.241. The van der Waals surface area contributed by atoms with Gasteiger partial charge >= 0.3 is 0 Å². The monoisotopic (exact) mass is 363 g/mol. The van der Waals surface area contributed by atoms with Gasteiger partial charge in [-0.1, -0.05) is 23.7 Å². The fraction of sp³-hybridized carbons (Fsp3) is 0.167. The Morgan fingerprint density at radius 3 is 2.71 bits per heavy atom. The molecule has 0 aliphatic rings. The average Bonchev–Trinajstić information content (AvgIpc) is 2.91. The molecule has 1 aromatic heterocycles. The van der Waals surface area contributed by atoms with Crippen LogP contribution in [-0.2, 0) is 6.42 Å². The highest BCUT2D eigenvalue weighted by molar-refractivity contribution is 7.21. The van der Waals surface area contributed by atoms with Crippen LogP contribution in [0.25, 0.3) is 10.1 Å². The van der Waals surface area contributed by atoms with Gasteiger partial charge in [0, 0.05) is 16.6 Å². The maximum Gasteiger partial charge on any atom is 0.262 e. The van der Waals surface area contributed by atoms with Crippen molar-refractivity contribution in [1.29, 1.82) is 0 Å². The zero-order valence-electron chi connectivity index (χ0n) is 12.9. The van der Waals surface area contributed by atoms with Gasteiger partial charge in [-0.25, -0.2) is 4.39 Å². The van der Waals surface area contributed by atoms with Crippen molar-refractivity contribution in [3.8, 4) is 5.75 Å². The molecule has 2 aromatic carbocycles. The van der Waals surface area contributed by atoms with E-state index in [-0.39, 0.29) is 11.7 Å². The number of carbonyl (C=O) groups is 1. The topological polar surface area (TPSA) is 38.3 Å². The van der Waals surface area contributed by atoms with E-state index in [0.29, 0.717) is 33.0 Å². The van der Waals surface area contributed by atoms with Gasteiger partial charge in [0.1, 0.15) is 16.4 Å². The van der Waals surface area contributed by atoms with Crippen molar-refractivity contribution in [2.75, 3.05) is 13.7 Å². The van der Waals surface area contributed by atoms with Crippen LogP contribution in [0.15, 0.2) is 42.5 Å². The second kappa shape index (κ2) is 7.20. The number of hydrogen-bond donors (Lipinski definition) is 1. The summed E-state index contributed by atoms with van der Waals surface area (Å²) in [7, 11) is 1.62. The molecule has 0 aliphatic carbocycles. The first-order chi connectivity index (χ1) is 11.6. The van der Waals surface area contributed by atoms with Gasteiger partial charge in [0.15, 0.2) is 0 Å². The van der Waals surface area contributed by atoms with Gasteiger partial charge in [0.25, 0.3) is 5.91 Å². The van der Waals surface area contributed by atoms with Gasteiger partial charge in [-0.3, -0.25) is 4.79 Å². The van der Waals surface area contributed by atoms with Crippen molar-refractivity contribution in [3.05, 3.63) is 63.7 Å². The molecule has 6 heteroatoms. The lowest BCUT2D eigenvalue weighted by molar-refractivity contribution is 0.0958. The van der Waals surface area contributed by atoms with Crippen LogP contribution in [0.5, 0.6) is 5.75 Å². The summed E-state index contributed by atoms with van der Waals surface area (Å²) in [6.07, 6.45) is 0.701. The zero-order chi connectivity index (χ0) is 17.1. The zero-order valence-corrected chi connectivity index (χ0v) is 14.5. The standard InChI is InChI=1S/C18H15ClFNO2S/c1-23-13-5-2-11(3-6-13)8-9-21-18(22)17-16(19)14-7-4-12(20)10-15(14)24-17/h2-7,10H,8-9H2,1H3,(H,21,22). The first-order valence-electron chi connectivity index (χ1n) is 7.37. The first kappa shape index (κ1) is 16.7. The molecule has 3 rings (SSSR count). The van der Waals surface area contributed by atoms with Gasteiger partial charge in [-0.15, -0.1) is 11.3 Å². The Morgan fingerprint density at radius 2 is 2.00 bits per heavy atom. The molecule has 0 atom stereocenters. The molecule has 0 radical (unpaired) electrons. The first-order valence-corrected chi connectivity index (χ1v) is 8.56. The smallest absolute Gasteiger partial charge is 0.262 e. The molecule has 0 aliphatic heterocycles. The number of fused-ring (bicyclic) bond motifs is 1. The number of amides is 1. The molecule has 124 valence electrons. The van der Waals surface area contributed by atoms with Crippen LogP contribution in [0, 0.1) is 5.82 Å². The molecule has 0 fully saturated rings. The largest absolute Gasteiger partial charge is 0.497 e. The number of methoxy groups -OCH3 is 1. The maximum atomic E-state index is 13.3. The van der Waals surface area contributed by atoms with Crippen molar-refractivity contribution in [2.45, 2.75) is 6.42 Å². The number of ether oxygens (including phenoxy) is 1. The normalized spacial score (nSPS) is 10.8. The maximum absolute atomic E-state index is 13.3. The summed E-state index contributed by atoms with van der Waals surface area (Å²) in [6.45, 7) is 0.490. The number of rotatable bonds is 5. The minimum Gasteiger partial charge on any atom is -0.497 e. The van der Waals surface area contributed by atoms with Crippen molar-refractivity contribution in [2.24, 2.45) is 0 Å². The number of halogens is 2.